The van der Waals surface area contributed by atoms with Gasteiger partial charge in [-0.25, -0.2) is 4.79 Å². The number of amides is 2. The van der Waals surface area contributed by atoms with Crippen LogP contribution in [0.2, 0.25) is 5.02 Å². The van der Waals surface area contributed by atoms with E-state index in [1.54, 1.807) is 30.3 Å². The molecule has 3 heterocycles. The normalized spacial score (nSPS) is 19.2. The zero-order valence-electron chi connectivity index (χ0n) is 17.8. The second kappa shape index (κ2) is 9.82. The Hall–Kier alpha value is -3.44. The fourth-order valence-corrected chi connectivity index (χ4v) is 5.00. The number of β-lactam (4-membered cyclic amide) rings is 1. The Morgan fingerprint density at radius 1 is 1.24 bits per heavy atom. The Morgan fingerprint density at radius 3 is 2.71 bits per heavy atom. The van der Waals surface area contributed by atoms with Crippen molar-refractivity contribution in [2.24, 2.45) is 0 Å². The molecule has 0 saturated carbocycles. The van der Waals surface area contributed by atoms with E-state index in [0.29, 0.717) is 22.1 Å². The van der Waals surface area contributed by atoms with E-state index in [4.69, 9.17) is 25.5 Å². The fourth-order valence-electron chi connectivity index (χ4n) is 3.48. The summed E-state index contributed by atoms with van der Waals surface area (Å²) >= 11 is 7.32. The molecular formula is C22H19ClN2O8S. The second-order valence-corrected chi connectivity index (χ2v) is 8.90. The number of carboxylic acid groups (broad SMARTS) is 1. The molecule has 0 aliphatic carbocycles. The number of carboxylic acids is 1. The maximum atomic E-state index is 12.7. The SMILES string of the molecule is CC(=O)OCC1=C(C(=O)O)N2C(=O)C(NC(=O)c3ccc(COc4ccccc4Cl)o3)C2SC1. The first-order valence-corrected chi connectivity index (χ1v) is 11.5. The first-order valence-electron chi connectivity index (χ1n) is 10.1. The Kier molecular flexibility index (Phi) is 6.85. The molecule has 2 atom stereocenters. The van der Waals surface area contributed by atoms with E-state index >= 15 is 0 Å². The summed E-state index contributed by atoms with van der Waals surface area (Å²) in [6.45, 7) is 1.04. The second-order valence-electron chi connectivity index (χ2n) is 7.38. The number of hydrogen-bond acceptors (Lipinski definition) is 8. The molecule has 2 aromatic rings. The van der Waals surface area contributed by atoms with Crippen LogP contribution >= 0.6 is 23.4 Å². The number of hydrogen-bond donors (Lipinski definition) is 2. The zero-order chi connectivity index (χ0) is 24.4. The Morgan fingerprint density at radius 2 is 2.00 bits per heavy atom. The summed E-state index contributed by atoms with van der Waals surface area (Å²) in [5.41, 5.74) is 0.0915. The van der Waals surface area contributed by atoms with Gasteiger partial charge in [0.1, 0.15) is 41.8 Å². The van der Waals surface area contributed by atoms with E-state index in [1.807, 2.05) is 0 Å². The van der Waals surface area contributed by atoms with Gasteiger partial charge in [-0.1, -0.05) is 23.7 Å². The van der Waals surface area contributed by atoms with Crippen LogP contribution in [-0.2, 0) is 25.7 Å². The number of carbonyl (C=O) groups excluding carboxylic acids is 3. The molecule has 1 aromatic heterocycles. The van der Waals surface area contributed by atoms with Gasteiger partial charge in [0.25, 0.3) is 11.8 Å². The maximum Gasteiger partial charge on any atom is 0.352 e. The van der Waals surface area contributed by atoms with Gasteiger partial charge in [0.2, 0.25) is 0 Å². The monoisotopic (exact) mass is 506 g/mol. The van der Waals surface area contributed by atoms with E-state index in [0.717, 1.165) is 4.90 Å². The number of esters is 1. The minimum atomic E-state index is -1.31. The molecule has 0 bridgehead atoms. The van der Waals surface area contributed by atoms with Crippen molar-refractivity contribution in [3.05, 3.63) is 64.2 Å². The molecule has 0 spiro atoms. The van der Waals surface area contributed by atoms with Gasteiger partial charge in [-0.2, -0.15) is 0 Å². The van der Waals surface area contributed by atoms with Crippen molar-refractivity contribution in [2.45, 2.75) is 24.9 Å². The smallest absolute Gasteiger partial charge is 0.352 e. The first-order chi connectivity index (χ1) is 16.3. The van der Waals surface area contributed by atoms with Gasteiger partial charge >= 0.3 is 11.9 Å². The number of nitrogens with zero attached hydrogens (tertiary/aromatic N) is 1. The number of benzene rings is 1. The quantitative estimate of drug-likeness (QED) is 0.408. The largest absolute Gasteiger partial charge is 0.484 e. The molecule has 1 fully saturated rings. The van der Waals surface area contributed by atoms with Gasteiger partial charge in [0, 0.05) is 18.2 Å². The molecule has 2 N–H and O–H groups in total. The average Bonchev–Trinajstić information content (AvgIpc) is 3.28. The summed E-state index contributed by atoms with van der Waals surface area (Å²) in [5.74, 6) is -1.98. The highest BCUT2D eigenvalue weighted by atomic mass is 35.5. The molecule has 0 radical (unpaired) electrons. The van der Waals surface area contributed by atoms with Gasteiger partial charge in [-0.15, -0.1) is 11.8 Å². The van der Waals surface area contributed by atoms with Gasteiger partial charge < -0.3 is 24.3 Å². The predicted octanol–water partition coefficient (Wildman–Crippen LogP) is 2.43. The minimum Gasteiger partial charge on any atom is -0.484 e. The van der Waals surface area contributed by atoms with Crippen molar-refractivity contribution in [1.82, 2.24) is 10.2 Å². The average molecular weight is 507 g/mol. The highest BCUT2D eigenvalue weighted by molar-refractivity contribution is 8.00. The van der Waals surface area contributed by atoms with Crippen molar-refractivity contribution in [1.29, 1.82) is 0 Å². The molecule has 34 heavy (non-hydrogen) atoms. The number of ether oxygens (including phenoxy) is 2. The molecule has 2 aliphatic rings. The van der Waals surface area contributed by atoms with Crippen LogP contribution in [0.5, 0.6) is 5.75 Å². The van der Waals surface area contributed by atoms with Crippen molar-refractivity contribution in [2.75, 3.05) is 12.4 Å². The number of rotatable bonds is 8. The number of aliphatic carboxylic acids is 1. The number of carbonyl (C=O) groups is 4. The van der Waals surface area contributed by atoms with Crippen LogP contribution in [-0.4, -0.2) is 57.5 Å². The number of nitrogens with one attached hydrogen (secondary N) is 1. The van der Waals surface area contributed by atoms with E-state index in [9.17, 15) is 24.3 Å². The van der Waals surface area contributed by atoms with Gasteiger partial charge in [-0.05, 0) is 24.3 Å². The highest BCUT2D eigenvalue weighted by Gasteiger charge is 2.54. The van der Waals surface area contributed by atoms with Crippen LogP contribution in [0.3, 0.4) is 0 Å². The van der Waals surface area contributed by atoms with Crippen molar-refractivity contribution >= 4 is 47.1 Å². The molecule has 1 saturated heterocycles. The molecule has 178 valence electrons. The summed E-state index contributed by atoms with van der Waals surface area (Å²) < 4.78 is 16.0. The number of furan rings is 1. The molecule has 1 aromatic carbocycles. The van der Waals surface area contributed by atoms with Crippen molar-refractivity contribution < 1.29 is 38.2 Å². The molecule has 2 unspecified atom stereocenters. The van der Waals surface area contributed by atoms with Crippen LogP contribution < -0.4 is 10.1 Å². The summed E-state index contributed by atoms with van der Waals surface area (Å²) in [6, 6.07) is 9.03. The third-order valence-corrected chi connectivity index (χ3v) is 6.73. The van der Waals surface area contributed by atoms with E-state index < -0.39 is 35.2 Å². The highest BCUT2D eigenvalue weighted by Crippen LogP contribution is 2.40. The van der Waals surface area contributed by atoms with Crippen LogP contribution in [0.15, 0.2) is 52.1 Å². The number of halogens is 1. The molecule has 10 nitrogen and oxygen atoms in total. The van der Waals surface area contributed by atoms with Crippen LogP contribution in [0, 0.1) is 0 Å². The lowest BCUT2D eigenvalue weighted by Crippen LogP contribution is -2.70. The summed E-state index contributed by atoms with van der Waals surface area (Å²) in [5, 5.41) is 12.0. The molecular weight excluding hydrogens is 488 g/mol. The third kappa shape index (κ3) is 4.75. The van der Waals surface area contributed by atoms with E-state index in [2.05, 4.69) is 5.32 Å². The topological polar surface area (TPSA) is 135 Å². The Labute approximate surface area is 202 Å². The van der Waals surface area contributed by atoms with Gasteiger partial charge in [0.05, 0.1) is 5.02 Å². The van der Waals surface area contributed by atoms with Gasteiger partial charge in [0.15, 0.2) is 5.76 Å². The Bertz CT molecular complexity index is 1190. The van der Waals surface area contributed by atoms with Crippen molar-refractivity contribution in [3.63, 3.8) is 0 Å². The minimum absolute atomic E-state index is 0.0191. The molecule has 2 amide bonds. The van der Waals surface area contributed by atoms with Gasteiger partial charge in [-0.3, -0.25) is 19.3 Å². The number of para-hydroxylation sites is 1. The van der Waals surface area contributed by atoms with Crippen molar-refractivity contribution in [3.8, 4) is 5.75 Å². The third-order valence-electron chi connectivity index (χ3n) is 5.08. The number of fused-ring (bicyclic) bond motifs is 1. The summed E-state index contributed by atoms with van der Waals surface area (Å²) in [6.07, 6.45) is 0. The fraction of sp³-hybridized carbons (Fsp3) is 0.273. The lowest BCUT2D eigenvalue weighted by Gasteiger charge is -2.49. The zero-order valence-corrected chi connectivity index (χ0v) is 19.4. The summed E-state index contributed by atoms with van der Waals surface area (Å²) in [4.78, 5) is 49.3. The maximum absolute atomic E-state index is 12.7. The standard InChI is InChI=1S/C22H19ClN2O8S/c1-11(26)31-8-12-10-34-21-17(20(28)25(21)18(12)22(29)30)24-19(27)16-7-6-13(33-16)9-32-15-5-3-2-4-14(15)23/h2-7,17,21H,8-10H2,1H3,(H,24,27)(H,29,30). The number of thioether (sulfide) groups is 1. The van der Waals surface area contributed by atoms with E-state index in [-0.39, 0.29) is 30.4 Å². The molecule has 4 rings (SSSR count). The lowest BCUT2D eigenvalue weighted by atomic mass is 10.0. The lowest BCUT2D eigenvalue weighted by molar-refractivity contribution is -0.149. The molecule has 12 heteroatoms. The Balaban J connectivity index is 1.39. The molecule has 2 aliphatic heterocycles. The van der Waals surface area contributed by atoms with Crippen LogP contribution in [0.25, 0.3) is 0 Å². The first kappa shape index (κ1) is 23.7. The predicted molar refractivity (Wildman–Crippen MR) is 120 cm³/mol. The summed E-state index contributed by atoms with van der Waals surface area (Å²) in [7, 11) is 0. The van der Waals surface area contributed by atoms with Crippen LogP contribution in [0.4, 0.5) is 0 Å². The van der Waals surface area contributed by atoms with E-state index in [1.165, 1.54) is 24.8 Å². The van der Waals surface area contributed by atoms with Crippen LogP contribution in [0.1, 0.15) is 23.2 Å².